The van der Waals surface area contributed by atoms with Gasteiger partial charge in [-0.2, -0.15) is 5.10 Å². The second kappa shape index (κ2) is 10.5. The van der Waals surface area contributed by atoms with Crippen molar-refractivity contribution in [2.75, 3.05) is 14.2 Å². The van der Waals surface area contributed by atoms with Crippen LogP contribution in [0.3, 0.4) is 0 Å². The maximum Gasteiger partial charge on any atom is 0.161 e. The van der Waals surface area contributed by atoms with Gasteiger partial charge in [-0.3, -0.25) is 0 Å². The third-order valence-electron chi connectivity index (χ3n) is 4.26. The van der Waals surface area contributed by atoms with Gasteiger partial charge in [0.2, 0.25) is 0 Å². The molecule has 0 amide bonds. The summed E-state index contributed by atoms with van der Waals surface area (Å²) in [5.74, 6) is 2.19. The number of methoxy groups -OCH3 is 2. The summed E-state index contributed by atoms with van der Waals surface area (Å²) in [4.78, 5) is 0. The van der Waals surface area contributed by atoms with Crippen LogP contribution in [0, 0.1) is 0 Å². The van der Waals surface area contributed by atoms with Crippen molar-refractivity contribution in [3.63, 3.8) is 0 Å². The SMILES string of the molecule is COc1ccccc1CN/N=C/c1ccc(OCc2ccc(Br)cc2)c(OC)c1. The minimum atomic E-state index is 0.470. The number of nitrogens with one attached hydrogen (secondary N) is 1. The predicted molar refractivity (Wildman–Crippen MR) is 119 cm³/mol. The van der Waals surface area contributed by atoms with Gasteiger partial charge in [0.25, 0.3) is 0 Å². The zero-order chi connectivity index (χ0) is 20.5. The fourth-order valence-corrected chi connectivity index (χ4v) is 2.99. The average Bonchev–Trinajstić information content (AvgIpc) is 2.77. The monoisotopic (exact) mass is 454 g/mol. The third-order valence-corrected chi connectivity index (χ3v) is 4.79. The van der Waals surface area contributed by atoms with Crippen molar-refractivity contribution in [3.05, 3.63) is 87.9 Å². The molecule has 0 aliphatic rings. The highest BCUT2D eigenvalue weighted by molar-refractivity contribution is 9.10. The molecule has 29 heavy (non-hydrogen) atoms. The molecular formula is C23H23BrN2O3. The van der Waals surface area contributed by atoms with Crippen LogP contribution in [0.25, 0.3) is 0 Å². The van der Waals surface area contributed by atoms with E-state index in [1.807, 2.05) is 66.7 Å². The molecule has 0 radical (unpaired) electrons. The summed E-state index contributed by atoms with van der Waals surface area (Å²) in [5.41, 5.74) is 6.08. The van der Waals surface area contributed by atoms with E-state index < -0.39 is 0 Å². The quantitative estimate of drug-likeness (QED) is 0.357. The van der Waals surface area contributed by atoms with Crippen LogP contribution in [0.15, 0.2) is 76.3 Å². The van der Waals surface area contributed by atoms with Crippen molar-refractivity contribution < 1.29 is 14.2 Å². The molecule has 0 unspecified atom stereocenters. The second-order valence-corrected chi connectivity index (χ2v) is 7.15. The van der Waals surface area contributed by atoms with E-state index in [-0.39, 0.29) is 0 Å². The first-order valence-corrected chi connectivity index (χ1v) is 9.92. The van der Waals surface area contributed by atoms with Crippen molar-refractivity contribution in [3.8, 4) is 17.2 Å². The van der Waals surface area contributed by atoms with E-state index in [1.165, 1.54) is 0 Å². The van der Waals surface area contributed by atoms with E-state index >= 15 is 0 Å². The van der Waals surface area contributed by atoms with Gasteiger partial charge in [-0.1, -0.05) is 46.3 Å². The largest absolute Gasteiger partial charge is 0.496 e. The highest BCUT2D eigenvalue weighted by Gasteiger charge is 2.06. The zero-order valence-corrected chi connectivity index (χ0v) is 18.0. The number of ether oxygens (including phenoxy) is 3. The van der Waals surface area contributed by atoms with Crippen LogP contribution in [0.5, 0.6) is 17.2 Å². The second-order valence-electron chi connectivity index (χ2n) is 6.23. The van der Waals surface area contributed by atoms with Gasteiger partial charge in [-0.25, -0.2) is 0 Å². The van der Waals surface area contributed by atoms with E-state index in [9.17, 15) is 0 Å². The maximum absolute atomic E-state index is 5.90. The van der Waals surface area contributed by atoms with E-state index in [2.05, 4.69) is 26.5 Å². The van der Waals surface area contributed by atoms with Crippen LogP contribution < -0.4 is 19.6 Å². The molecule has 3 rings (SSSR count). The maximum atomic E-state index is 5.90. The molecular weight excluding hydrogens is 432 g/mol. The number of benzene rings is 3. The lowest BCUT2D eigenvalue weighted by atomic mass is 10.2. The Kier molecular flexibility index (Phi) is 7.53. The molecule has 0 aromatic heterocycles. The molecule has 150 valence electrons. The number of halogens is 1. The lowest BCUT2D eigenvalue weighted by Crippen LogP contribution is -2.07. The molecule has 0 aliphatic heterocycles. The number of nitrogens with zero attached hydrogens (tertiary/aromatic N) is 1. The summed E-state index contributed by atoms with van der Waals surface area (Å²) >= 11 is 3.43. The van der Waals surface area contributed by atoms with E-state index in [1.54, 1.807) is 20.4 Å². The van der Waals surface area contributed by atoms with Gasteiger partial charge in [0.1, 0.15) is 12.4 Å². The first-order valence-electron chi connectivity index (χ1n) is 9.12. The van der Waals surface area contributed by atoms with Crippen molar-refractivity contribution in [1.29, 1.82) is 0 Å². The molecule has 0 fully saturated rings. The average molecular weight is 455 g/mol. The molecule has 0 saturated heterocycles. The van der Waals surface area contributed by atoms with Crippen LogP contribution in [0.1, 0.15) is 16.7 Å². The van der Waals surface area contributed by atoms with Crippen LogP contribution in [-0.2, 0) is 13.2 Å². The van der Waals surface area contributed by atoms with Crippen molar-refractivity contribution in [2.24, 2.45) is 5.10 Å². The van der Waals surface area contributed by atoms with Gasteiger partial charge in [0, 0.05) is 10.0 Å². The Labute approximate surface area is 179 Å². The topological polar surface area (TPSA) is 52.1 Å². The lowest BCUT2D eigenvalue weighted by molar-refractivity contribution is 0.284. The first-order chi connectivity index (χ1) is 14.2. The molecule has 3 aromatic carbocycles. The summed E-state index contributed by atoms with van der Waals surface area (Å²) in [6.45, 7) is 1.05. The molecule has 0 bridgehead atoms. The highest BCUT2D eigenvalue weighted by atomic mass is 79.9. The van der Waals surface area contributed by atoms with E-state index in [0.29, 0.717) is 24.7 Å². The normalized spacial score (nSPS) is 10.7. The Hall–Kier alpha value is -2.99. The van der Waals surface area contributed by atoms with Gasteiger partial charge >= 0.3 is 0 Å². The number of hydrogen-bond donors (Lipinski definition) is 1. The van der Waals surface area contributed by atoms with Gasteiger partial charge < -0.3 is 19.6 Å². The van der Waals surface area contributed by atoms with Crippen molar-refractivity contribution in [2.45, 2.75) is 13.2 Å². The standard InChI is InChI=1S/C23H23BrN2O3/c1-27-21-6-4-3-5-19(21)15-26-25-14-18-9-12-22(23(13-18)28-2)29-16-17-7-10-20(24)11-8-17/h3-14,26H,15-16H2,1-2H3/b25-14+. The number of para-hydroxylation sites is 1. The Morgan fingerprint density at radius 1 is 0.897 bits per heavy atom. The Balaban J connectivity index is 1.59. The Morgan fingerprint density at radius 3 is 2.41 bits per heavy atom. The predicted octanol–water partition coefficient (Wildman–Crippen LogP) is 5.17. The molecule has 0 atom stereocenters. The van der Waals surface area contributed by atoms with Gasteiger partial charge in [0.15, 0.2) is 11.5 Å². The summed E-state index contributed by atoms with van der Waals surface area (Å²) in [6, 6.07) is 21.6. The van der Waals surface area contributed by atoms with Crippen LogP contribution in [-0.4, -0.2) is 20.4 Å². The molecule has 6 heteroatoms. The molecule has 0 spiro atoms. The Morgan fingerprint density at radius 2 is 1.66 bits per heavy atom. The highest BCUT2D eigenvalue weighted by Crippen LogP contribution is 2.28. The van der Waals surface area contributed by atoms with Gasteiger partial charge in [0.05, 0.1) is 27.0 Å². The van der Waals surface area contributed by atoms with Crippen LogP contribution in [0.2, 0.25) is 0 Å². The smallest absolute Gasteiger partial charge is 0.161 e. The third kappa shape index (κ3) is 5.99. The zero-order valence-electron chi connectivity index (χ0n) is 16.4. The molecule has 0 aliphatic carbocycles. The lowest BCUT2D eigenvalue weighted by Gasteiger charge is -2.11. The first kappa shape index (κ1) is 20.7. The Bertz CT molecular complexity index is 959. The van der Waals surface area contributed by atoms with Crippen LogP contribution >= 0.6 is 15.9 Å². The summed E-state index contributed by atoms with van der Waals surface area (Å²) < 4.78 is 17.8. The minimum absolute atomic E-state index is 0.470. The summed E-state index contributed by atoms with van der Waals surface area (Å²) in [5, 5.41) is 4.29. The number of rotatable bonds is 9. The number of hydrazone groups is 1. The van der Waals surface area contributed by atoms with Crippen molar-refractivity contribution in [1.82, 2.24) is 5.43 Å². The molecule has 0 saturated carbocycles. The fraction of sp³-hybridized carbons (Fsp3) is 0.174. The van der Waals surface area contributed by atoms with E-state index in [4.69, 9.17) is 14.2 Å². The van der Waals surface area contributed by atoms with E-state index in [0.717, 1.165) is 26.9 Å². The molecule has 3 aromatic rings. The van der Waals surface area contributed by atoms with Gasteiger partial charge in [-0.15, -0.1) is 0 Å². The molecule has 1 N–H and O–H groups in total. The summed E-state index contributed by atoms with van der Waals surface area (Å²) in [6.07, 6.45) is 1.75. The molecule has 0 heterocycles. The number of hydrogen-bond acceptors (Lipinski definition) is 5. The minimum Gasteiger partial charge on any atom is -0.496 e. The van der Waals surface area contributed by atoms with Crippen molar-refractivity contribution >= 4 is 22.1 Å². The van der Waals surface area contributed by atoms with Gasteiger partial charge in [-0.05, 0) is 47.5 Å². The molecule has 5 nitrogen and oxygen atoms in total. The fourth-order valence-electron chi connectivity index (χ4n) is 2.73. The van der Waals surface area contributed by atoms with Crippen LogP contribution in [0.4, 0.5) is 0 Å². The summed E-state index contributed by atoms with van der Waals surface area (Å²) in [7, 11) is 3.29.